The molecule has 0 radical (unpaired) electrons. The van der Waals surface area contributed by atoms with Gasteiger partial charge in [-0.05, 0) is 56.2 Å². The topological polar surface area (TPSA) is 34.2 Å². The van der Waals surface area contributed by atoms with Gasteiger partial charge >= 0.3 is 0 Å². The lowest BCUT2D eigenvalue weighted by molar-refractivity contribution is 0.315. The fourth-order valence-corrected chi connectivity index (χ4v) is 2.78. The summed E-state index contributed by atoms with van der Waals surface area (Å²) in [6, 6.07) is 2.86. The number of hydrogen-bond acceptors (Lipinski definition) is 3. The van der Waals surface area contributed by atoms with Crippen molar-refractivity contribution in [2.75, 3.05) is 13.2 Å². The number of rotatable bonds is 7. The van der Waals surface area contributed by atoms with E-state index in [4.69, 9.17) is 4.74 Å². The van der Waals surface area contributed by atoms with Crippen molar-refractivity contribution in [2.45, 2.75) is 57.9 Å². The minimum absolute atomic E-state index is 0.645. The van der Waals surface area contributed by atoms with E-state index in [0.29, 0.717) is 12.0 Å². The lowest BCUT2D eigenvalue weighted by Crippen LogP contribution is -2.26. The predicted molar refractivity (Wildman–Crippen MR) is 78.7 cm³/mol. The van der Waals surface area contributed by atoms with Crippen molar-refractivity contribution in [3.63, 3.8) is 0 Å². The third kappa shape index (κ3) is 4.20. The lowest BCUT2D eigenvalue weighted by atomic mass is 9.99. The zero-order valence-corrected chi connectivity index (χ0v) is 12.2. The van der Waals surface area contributed by atoms with E-state index >= 15 is 0 Å². The summed E-state index contributed by atoms with van der Waals surface area (Å²) in [6.45, 7) is 6.25. The number of nitrogens with one attached hydrogen (secondary N) is 1. The van der Waals surface area contributed by atoms with Gasteiger partial charge in [0.05, 0.1) is 12.8 Å². The van der Waals surface area contributed by atoms with Gasteiger partial charge in [-0.15, -0.1) is 0 Å². The molecule has 1 heterocycles. The van der Waals surface area contributed by atoms with Gasteiger partial charge in [-0.3, -0.25) is 4.98 Å². The van der Waals surface area contributed by atoms with Crippen LogP contribution in [0.25, 0.3) is 0 Å². The standard InChI is InChI=1S/C16H26N2O/c1-3-7-18-15-6-5-13(9-15)14-10-16(12-17-11-14)19-8-4-2/h10-13,15,18H,3-9H2,1-2H3. The van der Waals surface area contributed by atoms with E-state index in [1.165, 1.54) is 31.2 Å². The molecule has 106 valence electrons. The Kier molecular flexibility index (Phi) is 5.64. The summed E-state index contributed by atoms with van der Waals surface area (Å²) in [6.07, 6.45) is 9.86. The largest absolute Gasteiger partial charge is 0.492 e. The van der Waals surface area contributed by atoms with Gasteiger partial charge in [0.25, 0.3) is 0 Å². The second-order valence-corrected chi connectivity index (χ2v) is 5.46. The van der Waals surface area contributed by atoms with Gasteiger partial charge < -0.3 is 10.1 Å². The highest BCUT2D eigenvalue weighted by Crippen LogP contribution is 2.35. The Morgan fingerprint density at radius 1 is 1.26 bits per heavy atom. The fourth-order valence-electron chi connectivity index (χ4n) is 2.78. The molecule has 2 unspecified atom stereocenters. The molecule has 0 saturated heterocycles. The normalized spacial score (nSPS) is 22.6. The van der Waals surface area contributed by atoms with Crippen molar-refractivity contribution in [2.24, 2.45) is 0 Å². The molecule has 1 aromatic heterocycles. The Morgan fingerprint density at radius 2 is 2.16 bits per heavy atom. The van der Waals surface area contributed by atoms with E-state index in [1.807, 2.05) is 12.4 Å². The Bertz CT molecular complexity index is 381. The highest BCUT2D eigenvalue weighted by atomic mass is 16.5. The zero-order chi connectivity index (χ0) is 13.5. The molecule has 0 spiro atoms. The van der Waals surface area contributed by atoms with Gasteiger partial charge in [-0.1, -0.05) is 13.8 Å². The molecule has 0 bridgehead atoms. The maximum absolute atomic E-state index is 5.67. The molecular weight excluding hydrogens is 236 g/mol. The van der Waals surface area contributed by atoms with Crippen LogP contribution < -0.4 is 10.1 Å². The van der Waals surface area contributed by atoms with E-state index in [-0.39, 0.29) is 0 Å². The third-order valence-electron chi connectivity index (χ3n) is 3.79. The van der Waals surface area contributed by atoms with Crippen LogP contribution in [0.15, 0.2) is 18.5 Å². The van der Waals surface area contributed by atoms with Crippen LogP contribution in [0.2, 0.25) is 0 Å². The molecule has 3 heteroatoms. The van der Waals surface area contributed by atoms with Gasteiger partial charge in [0.2, 0.25) is 0 Å². The molecule has 2 atom stereocenters. The number of nitrogens with zero attached hydrogens (tertiary/aromatic N) is 1. The van der Waals surface area contributed by atoms with Gasteiger partial charge in [0.1, 0.15) is 5.75 Å². The van der Waals surface area contributed by atoms with Crippen molar-refractivity contribution in [3.8, 4) is 5.75 Å². The van der Waals surface area contributed by atoms with Crippen molar-refractivity contribution in [3.05, 3.63) is 24.0 Å². The highest BCUT2D eigenvalue weighted by Gasteiger charge is 2.25. The van der Waals surface area contributed by atoms with Crippen molar-refractivity contribution >= 4 is 0 Å². The molecule has 1 aliphatic rings. The molecule has 0 aliphatic heterocycles. The first kappa shape index (κ1) is 14.3. The molecule has 0 amide bonds. The van der Waals surface area contributed by atoms with Crippen LogP contribution in [0.1, 0.15) is 57.4 Å². The van der Waals surface area contributed by atoms with Crippen LogP contribution in [0.3, 0.4) is 0 Å². The van der Waals surface area contributed by atoms with E-state index in [2.05, 4.69) is 30.2 Å². The summed E-state index contributed by atoms with van der Waals surface area (Å²) in [5.74, 6) is 1.57. The van der Waals surface area contributed by atoms with E-state index in [1.54, 1.807) is 0 Å². The Hall–Kier alpha value is -1.09. The smallest absolute Gasteiger partial charge is 0.137 e. The van der Waals surface area contributed by atoms with Crippen LogP contribution in [0, 0.1) is 0 Å². The van der Waals surface area contributed by atoms with E-state index < -0.39 is 0 Å². The Balaban J connectivity index is 1.91. The number of ether oxygens (including phenoxy) is 1. The minimum Gasteiger partial charge on any atom is -0.492 e. The van der Waals surface area contributed by atoms with Gasteiger partial charge in [-0.25, -0.2) is 0 Å². The molecule has 19 heavy (non-hydrogen) atoms. The predicted octanol–water partition coefficient (Wildman–Crippen LogP) is 3.51. The molecular formula is C16H26N2O. The quantitative estimate of drug-likeness (QED) is 0.816. The average Bonchev–Trinajstić information content (AvgIpc) is 2.92. The maximum Gasteiger partial charge on any atom is 0.137 e. The first-order chi connectivity index (χ1) is 9.33. The van der Waals surface area contributed by atoms with Crippen molar-refractivity contribution < 1.29 is 4.74 Å². The summed E-state index contributed by atoms with van der Waals surface area (Å²) in [4.78, 5) is 4.32. The number of hydrogen-bond donors (Lipinski definition) is 1. The zero-order valence-electron chi connectivity index (χ0n) is 12.2. The molecule has 2 rings (SSSR count). The monoisotopic (exact) mass is 262 g/mol. The second-order valence-electron chi connectivity index (χ2n) is 5.46. The van der Waals surface area contributed by atoms with E-state index in [0.717, 1.165) is 25.3 Å². The minimum atomic E-state index is 0.645. The summed E-state index contributed by atoms with van der Waals surface area (Å²) >= 11 is 0. The Labute approximate surface area is 116 Å². The molecule has 0 aromatic carbocycles. The number of pyridine rings is 1. The van der Waals surface area contributed by atoms with Crippen LogP contribution in [-0.2, 0) is 0 Å². The van der Waals surface area contributed by atoms with Crippen LogP contribution in [0.4, 0.5) is 0 Å². The first-order valence-electron chi connectivity index (χ1n) is 7.64. The third-order valence-corrected chi connectivity index (χ3v) is 3.79. The molecule has 1 aromatic rings. The molecule has 1 fully saturated rings. The first-order valence-corrected chi connectivity index (χ1v) is 7.64. The maximum atomic E-state index is 5.67. The van der Waals surface area contributed by atoms with Crippen LogP contribution >= 0.6 is 0 Å². The summed E-state index contributed by atoms with van der Waals surface area (Å²) in [7, 11) is 0. The summed E-state index contributed by atoms with van der Waals surface area (Å²) < 4.78 is 5.67. The molecule has 3 nitrogen and oxygen atoms in total. The van der Waals surface area contributed by atoms with Gasteiger partial charge in [-0.2, -0.15) is 0 Å². The average molecular weight is 262 g/mol. The summed E-state index contributed by atoms with van der Waals surface area (Å²) in [5, 5.41) is 3.63. The fraction of sp³-hybridized carbons (Fsp3) is 0.688. The number of aromatic nitrogens is 1. The highest BCUT2D eigenvalue weighted by molar-refractivity contribution is 5.27. The lowest BCUT2D eigenvalue weighted by Gasteiger charge is -2.13. The van der Waals surface area contributed by atoms with E-state index in [9.17, 15) is 0 Å². The molecule has 1 aliphatic carbocycles. The molecule has 1 N–H and O–H groups in total. The SMILES string of the molecule is CCCNC1CCC(c2cncc(OCCC)c2)C1. The Morgan fingerprint density at radius 3 is 2.95 bits per heavy atom. The van der Waals surface area contributed by atoms with Crippen molar-refractivity contribution in [1.29, 1.82) is 0 Å². The van der Waals surface area contributed by atoms with Crippen molar-refractivity contribution in [1.82, 2.24) is 10.3 Å². The second kappa shape index (κ2) is 7.49. The van der Waals surface area contributed by atoms with Gasteiger partial charge in [0.15, 0.2) is 0 Å². The summed E-state index contributed by atoms with van der Waals surface area (Å²) in [5.41, 5.74) is 1.34. The van der Waals surface area contributed by atoms with Crippen LogP contribution in [0.5, 0.6) is 5.75 Å². The van der Waals surface area contributed by atoms with Gasteiger partial charge in [0, 0.05) is 12.2 Å². The van der Waals surface area contributed by atoms with Crippen LogP contribution in [-0.4, -0.2) is 24.2 Å². The molecule has 1 saturated carbocycles.